The minimum atomic E-state index is -0.371. The fourth-order valence-electron chi connectivity index (χ4n) is 4.08. The average molecular weight is 500 g/mol. The van der Waals surface area contributed by atoms with E-state index in [0.29, 0.717) is 21.6 Å². The minimum absolute atomic E-state index is 0.114. The number of fused-ring (bicyclic) bond motifs is 1. The Morgan fingerprint density at radius 1 is 1.32 bits per heavy atom. The molecular formula is C24H29N5O3S2. The highest BCUT2D eigenvalue weighted by atomic mass is 32.2. The Morgan fingerprint density at radius 3 is 2.85 bits per heavy atom. The first-order valence-corrected chi connectivity index (χ1v) is 13.2. The summed E-state index contributed by atoms with van der Waals surface area (Å²) in [6.07, 6.45) is 2.53. The predicted molar refractivity (Wildman–Crippen MR) is 134 cm³/mol. The largest absolute Gasteiger partial charge is 0.459 e. The van der Waals surface area contributed by atoms with Crippen LogP contribution in [-0.4, -0.2) is 43.9 Å². The number of esters is 1. The zero-order chi connectivity index (χ0) is 24.4. The molecule has 1 unspecified atom stereocenters. The summed E-state index contributed by atoms with van der Waals surface area (Å²) in [5.41, 5.74) is 4.61. The van der Waals surface area contributed by atoms with E-state index in [1.54, 1.807) is 4.68 Å². The fourth-order valence-corrected chi connectivity index (χ4v) is 6.18. The summed E-state index contributed by atoms with van der Waals surface area (Å²) in [5, 5.41) is 16.0. The van der Waals surface area contributed by atoms with Crippen molar-refractivity contribution in [1.82, 2.24) is 20.2 Å². The lowest BCUT2D eigenvalue weighted by Crippen LogP contribution is -2.19. The number of nitrogens with one attached hydrogen (secondary N) is 1. The Hall–Kier alpha value is -2.72. The van der Waals surface area contributed by atoms with E-state index in [0.717, 1.165) is 46.5 Å². The first-order chi connectivity index (χ1) is 16.2. The van der Waals surface area contributed by atoms with Crippen molar-refractivity contribution in [2.45, 2.75) is 65.1 Å². The quantitative estimate of drug-likeness (QED) is 0.369. The summed E-state index contributed by atoms with van der Waals surface area (Å²) in [4.78, 5) is 26.9. The number of ether oxygens (including phenoxy) is 1. The summed E-state index contributed by atoms with van der Waals surface area (Å²) in [6, 6.07) is 6.03. The maximum Gasteiger partial charge on any atom is 0.341 e. The molecule has 1 N–H and O–H groups in total. The molecule has 34 heavy (non-hydrogen) atoms. The average Bonchev–Trinajstić information content (AvgIpc) is 3.35. The van der Waals surface area contributed by atoms with Gasteiger partial charge in [0.2, 0.25) is 11.1 Å². The highest BCUT2D eigenvalue weighted by molar-refractivity contribution is 7.99. The van der Waals surface area contributed by atoms with Crippen LogP contribution in [0.25, 0.3) is 5.69 Å². The summed E-state index contributed by atoms with van der Waals surface area (Å²) in [6.45, 7) is 9.90. The number of amides is 1. The number of rotatable bonds is 7. The maximum atomic E-state index is 12.9. The smallest absolute Gasteiger partial charge is 0.341 e. The van der Waals surface area contributed by atoms with Crippen molar-refractivity contribution < 1.29 is 14.3 Å². The molecule has 1 atom stereocenters. The first kappa shape index (κ1) is 24.4. The molecule has 0 saturated carbocycles. The monoisotopic (exact) mass is 499 g/mol. The molecule has 0 spiro atoms. The van der Waals surface area contributed by atoms with Crippen molar-refractivity contribution in [3.63, 3.8) is 0 Å². The van der Waals surface area contributed by atoms with E-state index in [9.17, 15) is 9.59 Å². The zero-order valence-electron chi connectivity index (χ0n) is 20.0. The number of aryl methyl sites for hydroxylation is 2. The second-order valence-electron chi connectivity index (χ2n) is 9.01. The van der Waals surface area contributed by atoms with Crippen molar-refractivity contribution >= 4 is 40.0 Å². The number of anilines is 1. The van der Waals surface area contributed by atoms with Gasteiger partial charge in [0.05, 0.1) is 23.1 Å². The third-order valence-corrected chi connectivity index (χ3v) is 7.75. The van der Waals surface area contributed by atoms with E-state index in [-0.39, 0.29) is 23.7 Å². The van der Waals surface area contributed by atoms with Gasteiger partial charge in [-0.25, -0.2) is 4.79 Å². The van der Waals surface area contributed by atoms with Crippen molar-refractivity contribution in [3.05, 3.63) is 45.3 Å². The van der Waals surface area contributed by atoms with Gasteiger partial charge in [0, 0.05) is 4.88 Å². The third-order valence-electron chi connectivity index (χ3n) is 5.67. The molecule has 2 aromatic heterocycles. The number of benzene rings is 1. The molecule has 0 bridgehead atoms. The van der Waals surface area contributed by atoms with Gasteiger partial charge in [0.1, 0.15) is 5.00 Å². The summed E-state index contributed by atoms with van der Waals surface area (Å²) in [5.74, 6) is 0.0839. The highest BCUT2D eigenvalue weighted by Crippen LogP contribution is 2.40. The van der Waals surface area contributed by atoms with Crippen molar-refractivity contribution in [2.75, 3.05) is 11.1 Å². The van der Waals surface area contributed by atoms with Gasteiger partial charge in [-0.15, -0.1) is 16.4 Å². The number of aromatic nitrogens is 4. The number of thiophene rings is 1. The van der Waals surface area contributed by atoms with Crippen LogP contribution in [0.2, 0.25) is 0 Å². The van der Waals surface area contributed by atoms with Gasteiger partial charge in [0.15, 0.2) is 0 Å². The Balaban J connectivity index is 1.50. The van der Waals surface area contributed by atoms with Crippen LogP contribution in [0.1, 0.15) is 59.1 Å². The molecule has 2 heterocycles. The molecule has 10 heteroatoms. The molecule has 0 fully saturated rings. The van der Waals surface area contributed by atoms with E-state index in [4.69, 9.17) is 4.74 Å². The fraction of sp³-hybridized carbons (Fsp3) is 0.458. The molecule has 1 aliphatic rings. The van der Waals surface area contributed by atoms with Gasteiger partial charge in [-0.1, -0.05) is 36.4 Å². The number of thioether (sulfide) groups is 1. The van der Waals surface area contributed by atoms with Gasteiger partial charge in [-0.3, -0.25) is 4.79 Å². The van der Waals surface area contributed by atoms with Crippen LogP contribution >= 0.6 is 23.1 Å². The summed E-state index contributed by atoms with van der Waals surface area (Å²) >= 11 is 2.74. The molecule has 0 saturated heterocycles. The van der Waals surface area contributed by atoms with E-state index >= 15 is 0 Å². The van der Waals surface area contributed by atoms with Crippen LogP contribution in [0.5, 0.6) is 0 Å². The zero-order valence-corrected chi connectivity index (χ0v) is 21.7. The number of hydrogen-bond donors (Lipinski definition) is 1. The number of hydrogen-bond acceptors (Lipinski definition) is 8. The van der Waals surface area contributed by atoms with Crippen LogP contribution in [0.15, 0.2) is 23.4 Å². The van der Waals surface area contributed by atoms with Crippen LogP contribution in [0.4, 0.5) is 5.00 Å². The van der Waals surface area contributed by atoms with Crippen LogP contribution in [-0.2, 0) is 22.4 Å². The van der Waals surface area contributed by atoms with E-state index < -0.39 is 0 Å². The molecule has 1 amide bonds. The molecule has 1 aromatic carbocycles. The highest BCUT2D eigenvalue weighted by Gasteiger charge is 2.29. The van der Waals surface area contributed by atoms with Gasteiger partial charge in [-0.2, -0.15) is 4.68 Å². The lowest BCUT2D eigenvalue weighted by atomic mass is 9.88. The topological polar surface area (TPSA) is 99.0 Å². The van der Waals surface area contributed by atoms with Gasteiger partial charge in [0.25, 0.3) is 0 Å². The van der Waals surface area contributed by atoms with Gasteiger partial charge < -0.3 is 10.1 Å². The molecular weight excluding hydrogens is 470 g/mol. The first-order valence-electron chi connectivity index (χ1n) is 11.4. The molecule has 180 valence electrons. The Morgan fingerprint density at radius 2 is 2.12 bits per heavy atom. The normalized spacial score (nSPS) is 15.3. The van der Waals surface area contributed by atoms with Crippen LogP contribution in [0.3, 0.4) is 0 Å². The SMILES string of the molecule is Cc1ccc(-n2nnnc2SCC(=O)Nc2sc3c(c2C(=O)OC(C)C)CCC(C)C3)c(C)c1. The number of tetrazole rings is 1. The number of carbonyl (C=O) groups excluding carboxylic acids is 2. The molecule has 4 rings (SSSR count). The van der Waals surface area contributed by atoms with E-state index in [1.807, 2.05) is 39.8 Å². The maximum absolute atomic E-state index is 12.9. The number of carbonyl (C=O) groups is 2. The van der Waals surface area contributed by atoms with Crippen LogP contribution < -0.4 is 5.32 Å². The second kappa shape index (κ2) is 10.3. The minimum Gasteiger partial charge on any atom is -0.459 e. The Bertz CT molecular complexity index is 1220. The Labute approximate surface area is 207 Å². The lowest BCUT2D eigenvalue weighted by molar-refractivity contribution is -0.113. The lowest BCUT2D eigenvalue weighted by Gasteiger charge is -2.18. The standard InChI is InChI=1S/C24H29N5O3S2/c1-13(2)32-23(31)21-17-8-6-15(4)11-19(17)34-22(21)25-20(30)12-33-24-26-27-28-29(24)18-9-7-14(3)10-16(18)5/h7,9-10,13,15H,6,8,11-12H2,1-5H3,(H,25,30). The Kier molecular flexibility index (Phi) is 7.37. The van der Waals surface area contributed by atoms with E-state index in [1.165, 1.54) is 23.1 Å². The van der Waals surface area contributed by atoms with Crippen molar-refractivity contribution in [2.24, 2.45) is 5.92 Å². The predicted octanol–water partition coefficient (Wildman–Crippen LogP) is 4.76. The second-order valence-corrected chi connectivity index (χ2v) is 11.1. The number of nitrogens with zero attached hydrogens (tertiary/aromatic N) is 4. The van der Waals surface area contributed by atoms with Crippen LogP contribution in [0, 0.1) is 19.8 Å². The van der Waals surface area contributed by atoms with E-state index in [2.05, 4.69) is 33.8 Å². The summed E-state index contributed by atoms with van der Waals surface area (Å²) in [7, 11) is 0. The van der Waals surface area contributed by atoms with Gasteiger partial charge in [-0.05, 0) is 80.5 Å². The third kappa shape index (κ3) is 5.33. The van der Waals surface area contributed by atoms with Gasteiger partial charge >= 0.3 is 5.97 Å². The molecule has 3 aromatic rings. The molecule has 0 radical (unpaired) electrons. The molecule has 1 aliphatic carbocycles. The molecule has 8 nitrogen and oxygen atoms in total. The summed E-state index contributed by atoms with van der Waals surface area (Å²) < 4.78 is 7.14. The molecule has 0 aliphatic heterocycles. The van der Waals surface area contributed by atoms with Crippen molar-refractivity contribution in [3.8, 4) is 5.69 Å². The van der Waals surface area contributed by atoms with Crippen molar-refractivity contribution in [1.29, 1.82) is 0 Å².